The van der Waals surface area contributed by atoms with Gasteiger partial charge in [-0.15, -0.1) is 0 Å². The molecule has 2 amide bonds. The van der Waals surface area contributed by atoms with Crippen LogP contribution in [0.25, 0.3) is 0 Å². The molecular formula is C14H20N4O5. The lowest BCUT2D eigenvalue weighted by atomic mass is 10.2. The average Bonchev–Trinajstić information content (AvgIpc) is 2.81. The summed E-state index contributed by atoms with van der Waals surface area (Å²) in [4.78, 5) is 52.7. The SMILES string of the molecule is O=C(NC(CO)C(=O)N1CCCCCC1)c1c[nH]c(=O)[nH]c1=O. The molecule has 1 atom stereocenters. The monoisotopic (exact) mass is 324 g/mol. The molecule has 2 rings (SSSR count). The second-order valence-electron chi connectivity index (χ2n) is 5.43. The highest BCUT2D eigenvalue weighted by atomic mass is 16.3. The number of hydrogen-bond acceptors (Lipinski definition) is 5. The maximum absolute atomic E-state index is 12.4. The Morgan fingerprint density at radius 2 is 1.87 bits per heavy atom. The molecule has 0 aromatic carbocycles. The van der Waals surface area contributed by atoms with Gasteiger partial charge in [-0.1, -0.05) is 12.8 Å². The van der Waals surface area contributed by atoms with Crippen LogP contribution < -0.4 is 16.6 Å². The number of aliphatic hydroxyl groups is 1. The Morgan fingerprint density at radius 1 is 1.22 bits per heavy atom. The second kappa shape index (κ2) is 7.73. The molecule has 23 heavy (non-hydrogen) atoms. The molecule has 1 aliphatic rings. The van der Waals surface area contributed by atoms with Crippen molar-refractivity contribution in [1.82, 2.24) is 20.2 Å². The van der Waals surface area contributed by atoms with Crippen molar-refractivity contribution in [2.24, 2.45) is 0 Å². The summed E-state index contributed by atoms with van der Waals surface area (Å²) in [6.07, 6.45) is 4.84. The highest BCUT2D eigenvalue weighted by Crippen LogP contribution is 2.10. The number of nitrogens with zero attached hydrogens (tertiary/aromatic N) is 1. The van der Waals surface area contributed by atoms with Gasteiger partial charge >= 0.3 is 5.69 Å². The molecule has 0 radical (unpaired) electrons. The molecule has 9 nitrogen and oxygen atoms in total. The van der Waals surface area contributed by atoms with E-state index in [1.165, 1.54) is 0 Å². The van der Waals surface area contributed by atoms with Crippen LogP contribution in [0.3, 0.4) is 0 Å². The second-order valence-corrected chi connectivity index (χ2v) is 5.43. The number of rotatable bonds is 4. The van der Waals surface area contributed by atoms with E-state index < -0.39 is 29.8 Å². The third-order valence-corrected chi connectivity index (χ3v) is 3.77. The first-order chi connectivity index (χ1) is 11.0. The number of H-pyrrole nitrogens is 2. The zero-order chi connectivity index (χ0) is 16.8. The Hall–Kier alpha value is -2.42. The van der Waals surface area contributed by atoms with Gasteiger partial charge in [0.2, 0.25) is 5.91 Å². The summed E-state index contributed by atoms with van der Waals surface area (Å²) >= 11 is 0. The molecule has 4 N–H and O–H groups in total. The Bertz CT molecular complexity index is 672. The van der Waals surface area contributed by atoms with Gasteiger partial charge in [0.05, 0.1) is 6.61 Å². The van der Waals surface area contributed by atoms with Crippen molar-refractivity contribution >= 4 is 11.8 Å². The zero-order valence-electron chi connectivity index (χ0n) is 12.6. The molecule has 0 aliphatic carbocycles. The summed E-state index contributed by atoms with van der Waals surface area (Å²) in [5.74, 6) is -1.20. The van der Waals surface area contributed by atoms with E-state index in [1.807, 2.05) is 4.98 Å². The van der Waals surface area contributed by atoms with Crippen LogP contribution >= 0.6 is 0 Å². The smallest absolute Gasteiger partial charge is 0.325 e. The molecule has 1 aromatic rings. The van der Waals surface area contributed by atoms with Crippen molar-refractivity contribution in [3.63, 3.8) is 0 Å². The standard InChI is InChI=1S/C14H20N4O5/c19-8-10(13(22)18-5-3-1-2-4-6-18)16-11(20)9-7-15-14(23)17-12(9)21/h7,10,19H,1-6,8H2,(H,16,20)(H2,15,17,21,23). The molecule has 1 saturated heterocycles. The lowest BCUT2D eigenvalue weighted by molar-refractivity contribution is -0.134. The minimum absolute atomic E-state index is 0.327. The van der Waals surface area contributed by atoms with Crippen LogP contribution in [0, 0.1) is 0 Å². The van der Waals surface area contributed by atoms with E-state index in [0.29, 0.717) is 13.1 Å². The Labute approximate surface area is 131 Å². The number of nitrogens with one attached hydrogen (secondary N) is 3. The highest BCUT2D eigenvalue weighted by molar-refractivity contribution is 5.97. The minimum atomic E-state index is -1.12. The van der Waals surface area contributed by atoms with E-state index in [1.54, 1.807) is 4.90 Å². The largest absolute Gasteiger partial charge is 0.394 e. The summed E-state index contributed by atoms with van der Waals surface area (Å²) in [7, 11) is 0. The zero-order valence-corrected chi connectivity index (χ0v) is 12.6. The fourth-order valence-electron chi connectivity index (χ4n) is 2.51. The Kier molecular flexibility index (Phi) is 5.69. The van der Waals surface area contributed by atoms with Gasteiger partial charge < -0.3 is 20.3 Å². The molecule has 0 spiro atoms. The number of aliphatic hydroxyl groups excluding tert-OH is 1. The van der Waals surface area contributed by atoms with Gasteiger partial charge in [-0.05, 0) is 12.8 Å². The van der Waals surface area contributed by atoms with E-state index >= 15 is 0 Å². The fourth-order valence-corrected chi connectivity index (χ4v) is 2.51. The third-order valence-electron chi connectivity index (χ3n) is 3.77. The van der Waals surface area contributed by atoms with Crippen molar-refractivity contribution in [3.8, 4) is 0 Å². The molecule has 0 saturated carbocycles. The van der Waals surface area contributed by atoms with Crippen LogP contribution in [0.2, 0.25) is 0 Å². The first-order valence-electron chi connectivity index (χ1n) is 7.55. The van der Waals surface area contributed by atoms with Gasteiger partial charge in [-0.3, -0.25) is 19.4 Å². The molecule has 1 aliphatic heterocycles. The number of aromatic amines is 2. The number of amides is 2. The summed E-state index contributed by atoms with van der Waals surface area (Å²) in [5, 5.41) is 11.7. The molecule has 126 valence electrons. The van der Waals surface area contributed by atoms with Crippen LogP contribution in [0.1, 0.15) is 36.0 Å². The quantitative estimate of drug-likeness (QED) is 0.538. The molecular weight excluding hydrogens is 304 g/mol. The normalized spacial score (nSPS) is 16.5. The van der Waals surface area contributed by atoms with Crippen LogP contribution in [-0.2, 0) is 4.79 Å². The topological polar surface area (TPSA) is 135 Å². The number of likely N-dealkylation sites (tertiary alicyclic amines) is 1. The van der Waals surface area contributed by atoms with Gasteiger partial charge in [-0.25, -0.2) is 4.79 Å². The Balaban J connectivity index is 2.08. The van der Waals surface area contributed by atoms with Crippen molar-refractivity contribution < 1.29 is 14.7 Å². The van der Waals surface area contributed by atoms with E-state index in [0.717, 1.165) is 31.9 Å². The molecule has 1 aromatic heterocycles. The van der Waals surface area contributed by atoms with Crippen molar-refractivity contribution in [3.05, 3.63) is 32.6 Å². The summed E-state index contributed by atoms with van der Waals surface area (Å²) in [6, 6.07) is -1.12. The fraction of sp³-hybridized carbons (Fsp3) is 0.571. The Morgan fingerprint density at radius 3 is 2.43 bits per heavy atom. The molecule has 9 heteroatoms. The van der Waals surface area contributed by atoms with Crippen LogP contribution in [-0.4, -0.2) is 57.5 Å². The van der Waals surface area contributed by atoms with Crippen LogP contribution in [0.4, 0.5) is 0 Å². The summed E-state index contributed by atoms with van der Waals surface area (Å²) in [5.41, 5.74) is -1.91. The summed E-state index contributed by atoms with van der Waals surface area (Å²) in [6.45, 7) is 0.608. The van der Waals surface area contributed by atoms with Crippen molar-refractivity contribution in [2.75, 3.05) is 19.7 Å². The van der Waals surface area contributed by atoms with Crippen LogP contribution in [0.5, 0.6) is 0 Å². The van der Waals surface area contributed by atoms with E-state index in [2.05, 4.69) is 10.3 Å². The van der Waals surface area contributed by atoms with Gasteiger partial charge in [0.15, 0.2) is 0 Å². The number of hydrogen-bond donors (Lipinski definition) is 4. The van der Waals surface area contributed by atoms with Crippen molar-refractivity contribution in [2.45, 2.75) is 31.7 Å². The van der Waals surface area contributed by atoms with Gasteiger partial charge in [0.25, 0.3) is 11.5 Å². The first-order valence-corrected chi connectivity index (χ1v) is 7.55. The summed E-state index contributed by atoms with van der Waals surface area (Å²) < 4.78 is 0. The van der Waals surface area contributed by atoms with Crippen LogP contribution in [0.15, 0.2) is 15.8 Å². The number of carbonyl (C=O) groups excluding carboxylic acids is 2. The predicted molar refractivity (Wildman–Crippen MR) is 81.1 cm³/mol. The number of carbonyl (C=O) groups is 2. The first kappa shape index (κ1) is 16.9. The minimum Gasteiger partial charge on any atom is -0.394 e. The molecule has 1 fully saturated rings. The van der Waals surface area contributed by atoms with Crippen molar-refractivity contribution in [1.29, 1.82) is 0 Å². The van der Waals surface area contributed by atoms with Gasteiger partial charge in [-0.2, -0.15) is 0 Å². The highest BCUT2D eigenvalue weighted by Gasteiger charge is 2.27. The maximum Gasteiger partial charge on any atom is 0.325 e. The van der Waals surface area contributed by atoms with E-state index in [-0.39, 0.29) is 11.5 Å². The molecule has 0 bridgehead atoms. The van der Waals surface area contributed by atoms with E-state index in [9.17, 15) is 24.3 Å². The molecule has 2 heterocycles. The van der Waals surface area contributed by atoms with E-state index in [4.69, 9.17) is 0 Å². The maximum atomic E-state index is 12.4. The average molecular weight is 324 g/mol. The number of aromatic nitrogens is 2. The van der Waals surface area contributed by atoms with Gasteiger partial charge in [0.1, 0.15) is 11.6 Å². The van der Waals surface area contributed by atoms with Gasteiger partial charge in [0, 0.05) is 19.3 Å². The lowest BCUT2D eigenvalue weighted by Crippen LogP contribution is -2.51. The predicted octanol–water partition coefficient (Wildman–Crippen LogP) is -1.44. The lowest BCUT2D eigenvalue weighted by Gasteiger charge is -2.25. The third kappa shape index (κ3) is 4.28. The molecule has 1 unspecified atom stereocenters.